The topological polar surface area (TPSA) is 40.9 Å². The molecule has 0 saturated carbocycles. The van der Waals surface area contributed by atoms with Crippen molar-refractivity contribution in [1.29, 1.82) is 5.26 Å². The van der Waals surface area contributed by atoms with Gasteiger partial charge in [-0.05, 0) is 30.7 Å². The predicted molar refractivity (Wildman–Crippen MR) is 62.2 cm³/mol. The summed E-state index contributed by atoms with van der Waals surface area (Å²) >= 11 is 5.74. The molecule has 1 rings (SSSR count). The van der Waals surface area contributed by atoms with Crippen molar-refractivity contribution >= 4 is 22.4 Å². The van der Waals surface area contributed by atoms with Gasteiger partial charge in [0.15, 0.2) is 0 Å². The lowest BCUT2D eigenvalue weighted by Gasteiger charge is -2.10. The van der Waals surface area contributed by atoms with Gasteiger partial charge in [-0.1, -0.05) is 18.5 Å². The molecule has 4 heteroatoms. The van der Waals surface area contributed by atoms with E-state index in [1.807, 2.05) is 6.92 Å². The Labute approximate surface area is 97.3 Å². The van der Waals surface area contributed by atoms with Gasteiger partial charge in [-0.25, -0.2) is 0 Å². The molecule has 0 heterocycles. The summed E-state index contributed by atoms with van der Waals surface area (Å²) in [5.74, 6) is 0. The van der Waals surface area contributed by atoms with Gasteiger partial charge in [-0.2, -0.15) is 5.26 Å². The van der Waals surface area contributed by atoms with Crippen LogP contribution in [0.3, 0.4) is 0 Å². The van der Waals surface area contributed by atoms with E-state index in [0.717, 1.165) is 11.3 Å². The molecule has 2 atom stereocenters. The van der Waals surface area contributed by atoms with Crippen molar-refractivity contribution < 1.29 is 4.21 Å². The van der Waals surface area contributed by atoms with Crippen LogP contribution in [0.25, 0.3) is 0 Å². The first kappa shape index (κ1) is 12.2. The summed E-state index contributed by atoms with van der Waals surface area (Å²) in [5.41, 5.74) is 0. The van der Waals surface area contributed by atoms with Crippen molar-refractivity contribution in [2.45, 2.75) is 29.9 Å². The monoisotopic (exact) mass is 241 g/mol. The second kappa shape index (κ2) is 5.89. The number of hydrogen-bond donors (Lipinski definition) is 0. The number of nitriles is 1. The molecule has 0 bridgehead atoms. The first-order chi connectivity index (χ1) is 7.19. The van der Waals surface area contributed by atoms with Crippen LogP contribution in [0.1, 0.15) is 19.8 Å². The van der Waals surface area contributed by atoms with Crippen LogP contribution in [0, 0.1) is 11.3 Å². The van der Waals surface area contributed by atoms with Gasteiger partial charge >= 0.3 is 0 Å². The van der Waals surface area contributed by atoms with E-state index in [1.165, 1.54) is 0 Å². The van der Waals surface area contributed by atoms with E-state index in [9.17, 15) is 4.21 Å². The van der Waals surface area contributed by atoms with Gasteiger partial charge in [0, 0.05) is 16.3 Å². The Bertz CT molecular complexity index is 383. The van der Waals surface area contributed by atoms with Gasteiger partial charge in [0.05, 0.1) is 22.1 Å². The summed E-state index contributed by atoms with van der Waals surface area (Å²) in [5, 5.41) is 9.14. The Balaban J connectivity index is 2.84. The van der Waals surface area contributed by atoms with E-state index >= 15 is 0 Å². The van der Waals surface area contributed by atoms with Crippen LogP contribution in [0.5, 0.6) is 0 Å². The molecule has 0 aliphatic rings. The molecule has 1 aromatic carbocycles. The SMILES string of the molecule is CCC(CC#N)S(=O)c1ccc(Cl)cc1. The van der Waals surface area contributed by atoms with Crippen molar-refractivity contribution in [2.75, 3.05) is 0 Å². The van der Waals surface area contributed by atoms with Gasteiger partial charge in [0.2, 0.25) is 0 Å². The largest absolute Gasteiger partial charge is 0.254 e. The lowest BCUT2D eigenvalue weighted by molar-refractivity contribution is 0.664. The summed E-state index contributed by atoms with van der Waals surface area (Å²) in [6.45, 7) is 1.94. The highest BCUT2D eigenvalue weighted by Crippen LogP contribution is 2.18. The molecule has 0 aromatic heterocycles. The minimum atomic E-state index is -1.11. The van der Waals surface area contributed by atoms with E-state index in [0.29, 0.717) is 11.4 Å². The smallest absolute Gasteiger partial charge is 0.0634 e. The number of benzene rings is 1. The van der Waals surface area contributed by atoms with Gasteiger partial charge in [0.1, 0.15) is 0 Å². The molecule has 1 aromatic rings. The van der Waals surface area contributed by atoms with Crippen molar-refractivity contribution in [3.63, 3.8) is 0 Å². The van der Waals surface area contributed by atoms with E-state index < -0.39 is 10.8 Å². The molecule has 80 valence electrons. The molecule has 0 amide bonds. The van der Waals surface area contributed by atoms with Crippen molar-refractivity contribution in [1.82, 2.24) is 0 Å². The second-order valence-corrected chi connectivity index (χ2v) is 5.31. The molecule has 0 fully saturated rings. The zero-order valence-electron chi connectivity index (χ0n) is 8.44. The predicted octanol–water partition coefficient (Wildman–Crippen LogP) is 3.14. The third-order valence-corrected chi connectivity index (χ3v) is 4.22. The van der Waals surface area contributed by atoms with Crippen LogP contribution >= 0.6 is 11.6 Å². The highest BCUT2D eigenvalue weighted by Gasteiger charge is 2.15. The number of hydrogen-bond acceptors (Lipinski definition) is 2. The fraction of sp³-hybridized carbons (Fsp3) is 0.364. The third-order valence-electron chi connectivity index (χ3n) is 2.12. The molecule has 0 aliphatic heterocycles. The van der Waals surface area contributed by atoms with Crippen LogP contribution in [-0.2, 0) is 10.8 Å². The number of halogens is 1. The van der Waals surface area contributed by atoms with E-state index in [2.05, 4.69) is 6.07 Å². The minimum Gasteiger partial charge on any atom is -0.254 e. The summed E-state index contributed by atoms with van der Waals surface area (Å²) in [4.78, 5) is 0.738. The van der Waals surface area contributed by atoms with Crippen molar-refractivity contribution in [2.24, 2.45) is 0 Å². The van der Waals surface area contributed by atoms with E-state index in [-0.39, 0.29) is 5.25 Å². The van der Waals surface area contributed by atoms with E-state index in [1.54, 1.807) is 24.3 Å². The van der Waals surface area contributed by atoms with Crippen LogP contribution in [0.15, 0.2) is 29.2 Å². The van der Waals surface area contributed by atoms with Crippen LogP contribution in [0.2, 0.25) is 5.02 Å². The zero-order valence-corrected chi connectivity index (χ0v) is 10.0. The molecule has 2 nitrogen and oxygen atoms in total. The summed E-state index contributed by atoms with van der Waals surface area (Å²) < 4.78 is 12.0. The maximum atomic E-state index is 12.0. The lowest BCUT2D eigenvalue weighted by Crippen LogP contribution is -2.13. The second-order valence-electron chi connectivity index (χ2n) is 3.14. The number of nitrogens with zero attached hydrogens (tertiary/aromatic N) is 1. The standard InChI is InChI=1S/C11H12ClNOS/c1-2-10(7-8-13)15(14)11-5-3-9(12)4-6-11/h3-6,10H,2,7H2,1H3. The normalized spacial score (nSPS) is 14.2. The quantitative estimate of drug-likeness (QED) is 0.813. The lowest BCUT2D eigenvalue weighted by atomic mass is 10.3. The van der Waals surface area contributed by atoms with Crippen LogP contribution in [-0.4, -0.2) is 9.46 Å². The molecule has 0 N–H and O–H groups in total. The van der Waals surface area contributed by atoms with Crippen LogP contribution in [0.4, 0.5) is 0 Å². The average molecular weight is 242 g/mol. The Kier molecular flexibility index (Phi) is 4.80. The molecule has 2 unspecified atom stereocenters. The molecule has 0 radical (unpaired) electrons. The van der Waals surface area contributed by atoms with Gasteiger partial charge in [0.25, 0.3) is 0 Å². The molecule has 0 aliphatic carbocycles. The Morgan fingerprint density at radius 3 is 2.53 bits per heavy atom. The first-order valence-corrected chi connectivity index (χ1v) is 6.31. The molecular weight excluding hydrogens is 230 g/mol. The highest BCUT2D eigenvalue weighted by molar-refractivity contribution is 7.85. The highest BCUT2D eigenvalue weighted by atomic mass is 35.5. The fourth-order valence-electron chi connectivity index (χ4n) is 1.23. The summed E-state index contributed by atoms with van der Waals surface area (Å²) in [6.07, 6.45) is 1.06. The minimum absolute atomic E-state index is 0.0869. The Morgan fingerprint density at radius 1 is 1.47 bits per heavy atom. The zero-order chi connectivity index (χ0) is 11.3. The van der Waals surface area contributed by atoms with Crippen molar-refractivity contribution in [3.8, 4) is 6.07 Å². The fourth-order valence-corrected chi connectivity index (χ4v) is 2.68. The molecule has 0 saturated heterocycles. The summed E-state index contributed by atoms with van der Waals surface area (Å²) in [6, 6.07) is 8.99. The Morgan fingerprint density at radius 2 is 2.07 bits per heavy atom. The maximum Gasteiger partial charge on any atom is 0.0634 e. The first-order valence-electron chi connectivity index (χ1n) is 4.72. The van der Waals surface area contributed by atoms with Gasteiger partial charge in [-0.3, -0.25) is 4.21 Å². The molecular formula is C11H12ClNOS. The van der Waals surface area contributed by atoms with Gasteiger partial charge in [-0.15, -0.1) is 0 Å². The average Bonchev–Trinajstić information content (AvgIpc) is 2.26. The molecule has 0 spiro atoms. The van der Waals surface area contributed by atoms with Crippen molar-refractivity contribution in [3.05, 3.63) is 29.3 Å². The third kappa shape index (κ3) is 3.33. The maximum absolute atomic E-state index is 12.0. The Hall–Kier alpha value is -0.850. The molecule has 15 heavy (non-hydrogen) atoms. The van der Waals surface area contributed by atoms with E-state index in [4.69, 9.17) is 16.9 Å². The van der Waals surface area contributed by atoms with Crippen LogP contribution < -0.4 is 0 Å². The summed E-state index contributed by atoms with van der Waals surface area (Å²) in [7, 11) is -1.11. The van der Waals surface area contributed by atoms with Gasteiger partial charge < -0.3 is 0 Å². The number of rotatable bonds is 4.